The van der Waals surface area contributed by atoms with E-state index in [4.69, 9.17) is 4.74 Å². The first-order valence-corrected chi connectivity index (χ1v) is 5.02. The Balaban J connectivity index is 2.30. The molecule has 0 amide bonds. The van der Waals surface area contributed by atoms with Gasteiger partial charge in [-0.3, -0.25) is 4.90 Å². The molecule has 12 heavy (non-hydrogen) atoms. The fraction of sp³-hybridized carbons (Fsp3) is 1.00. The lowest BCUT2D eigenvalue weighted by Crippen LogP contribution is -2.36. The number of ether oxygens (including phenoxy) is 1. The summed E-state index contributed by atoms with van der Waals surface area (Å²) in [5, 5.41) is 0. The molecular formula is C10H21NO. The van der Waals surface area contributed by atoms with Gasteiger partial charge in [0, 0.05) is 12.6 Å². The predicted octanol–water partition coefficient (Wildman–Crippen LogP) is 2.10. The van der Waals surface area contributed by atoms with Gasteiger partial charge in [0.05, 0.1) is 13.3 Å². The Morgan fingerprint density at radius 1 is 1.42 bits per heavy atom. The van der Waals surface area contributed by atoms with E-state index in [-0.39, 0.29) is 0 Å². The molecule has 1 rings (SSSR count). The number of hydrogen-bond acceptors (Lipinski definition) is 2. The zero-order chi connectivity index (χ0) is 8.97. The summed E-state index contributed by atoms with van der Waals surface area (Å²) in [6.07, 6.45) is 2.63. The first-order valence-electron chi connectivity index (χ1n) is 5.02. The summed E-state index contributed by atoms with van der Waals surface area (Å²) >= 11 is 0. The quantitative estimate of drug-likeness (QED) is 0.599. The normalized spacial score (nSPS) is 28.5. The van der Waals surface area contributed by atoms with Gasteiger partial charge in [-0.1, -0.05) is 6.92 Å². The van der Waals surface area contributed by atoms with Crippen LogP contribution in [0.25, 0.3) is 0 Å². The number of rotatable bonds is 1. The molecule has 1 atom stereocenters. The molecule has 1 heterocycles. The van der Waals surface area contributed by atoms with Crippen molar-refractivity contribution in [1.82, 2.24) is 4.90 Å². The highest BCUT2D eigenvalue weighted by Gasteiger charge is 2.13. The van der Waals surface area contributed by atoms with Crippen LogP contribution in [0.3, 0.4) is 0 Å². The van der Waals surface area contributed by atoms with Crippen LogP contribution < -0.4 is 0 Å². The zero-order valence-electron chi connectivity index (χ0n) is 8.55. The van der Waals surface area contributed by atoms with Gasteiger partial charge in [0.1, 0.15) is 0 Å². The first-order chi connectivity index (χ1) is 5.70. The van der Waals surface area contributed by atoms with Gasteiger partial charge in [0.15, 0.2) is 0 Å². The molecule has 0 aromatic heterocycles. The molecule has 0 N–H and O–H groups in total. The fourth-order valence-electron chi connectivity index (χ4n) is 1.57. The summed E-state index contributed by atoms with van der Waals surface area (Å²) in [6.45, 7) is 9.68. The SMILES string of the molecule is CC1CCCN(C(C)C)COC1. The lowest BCUT2D eigenvalue weighted by atomic mass is 10.1. The van der Waals surface area contributed by atoms with Crippen molar-refractivity contribution in [3.05, 3.63) is 0 Å². The topological polar surface area (TPSA) is 12.5 Å². The molecule has 0 bridgehead atoms. The van der Waals surface area contributed by atoms with E-state index in [0.717, 1.165) is 19.3 Å². The van der Waals surface area contributed by atoms with E-state index in [1.54, 1.807) is 0 Å². The van der Waals surface area contributed by atoms with Crippen LogP contribution in [0.15, 0.2) is 0 Å². The van der Waals surface area contributed by atoms with Crippen LogP contribution in [0.1, 0.15) is 33.6 Å². The minimum atomic E-state index is 0.624. The van der Waals surface area contributed by atoms with Crippen molar-refractivity contribution in [2.45, 2.75) is 39.7 Å². The second-order valence-electron chi connectivity index (χ2n) is 4.15. The Morgan fingerprint density at radius 3 is 2.83 bits per heavy atom. The second kappa shape index (κ2) is 4.83. The van der Waals surface area contributed by atoms with Gasteiger partial charge in [-0.05, 0) is 32.6 Å². The molecule has 0 aromatic carbocycles. The Bertz CT molecular complexity index is 115. The Hall–Kier alpha value is -0.0800. The van der Waals surface area contributed by atoms with Crippen molar-refractivity contribution in [3.8, 4) is 0 Å². The van der Waals surface area contributed by atoms with Crippen LogP contribution in [-0.2, 0) is 4.74 Å². The van der Waals surface area contributed by atoms with E-state index in [1.807, 2.05) is 0 Å². The minimum absolute atomic E-state index is 0.624. The highest BCUT2D eigenvalue weighted by molar-refractivity contribution is 4.63. The average molecular weight is 171 g/mol. The molecule has 72 valence electrons. The van der Waals surface area contributed by atoms with Crippen LogP contribution >= 0.6 is 0 Å². The minimum Gasteiger partial charge on any atom is -0.366 e. The summed E-state index contributed by atoms with van der Waals surface area (Å²) in [5.41, 5.74) is 0. The third kappa shape index (κ3) is 3.11. The molecule has 1 saturated heterocycles. The van der Waals surface area contributed by atoms with Crippen LogP contribution in [0.2, 0.25) is 0 Å². The third-order valence-corrected chi connectivity index (χ3v) is 2.53. The van der Waals surface area contributed by atoms with Crippen molar-refractivity contribution in [3.63, 3.8) is 0 Å². The van der Waals surface area contributed by atoms with Gasteiger partial charge >= 0.3 is 0 Å². The lowest BCUT2D eigenvalue weighted by molar-refractivity contribution is -0.0166. The molecule has 0 saturated carbocycles. The van der Waals surface area contributed by atoms with E-state index in [2.05, 4.69) is 25.7 Å². The molecule has 1 fully saturated rings. The molecule has 1 aliphatic heterocycles. The van der Waals surface area contributed by atoms with E-state index in [1.165, 1.54) is 19.4 Å². The summed E-state index contributed by atoms with van der Waals surface area (Å²) in [5.74, 6) is 0.749. The summed E-state index contributed by atoms with van der Waals surface area (Å²) in [7, 11) is 0. The standard InChI is InChI=1S/C10H21NO/c1-9(2)11-6-4-5-10(3)7-12-8-11/h9-10H,4-8H2,1-3H3. The summed E-state index contributed by atoms with van der Waals surface area (Å²) in [4.78, 5) is 2.39. The maximum Gasteiger partial charge on any atom is 0.0992 e. The fourth-order valence-corrected chi connectivity index (χ4v) is 1.57. The maximum atomic E-state index is 5.59. The third-order valence-electron chi connectivity index (χ3n) is 2.53. The number of nitrogens with zero attached hydrogens (tertiary/aromatic N) is 1. The smallest absolute Gasteiger partial charge is 0.0992 e. The second-order valence-corrected chi connectivity index (χ2v) is 4.15. The van der Waals surface area contributed by atoms with E-state index >= 15 is 0 Å². The van der Waals surface area contributed by atoms with E-state index in [9.17, 15) is 0 Å². The van der Waals surface area contributed by atoms with Gasteiger partial charge in [-0.2, -0.15) is 0 Å². The van der Waals surface area contributed by atoms with Crippen LogP contribution in [-0.4, -0.2) is 30.8 Å². The Kier molecular flexibility index (Phi) is 4.02. The van der Waals surface area contributed by atoms with Gasteiger partial charge < -0.3 is 4.74 Å². The van der Waals surface area contributed by atoms with E-state index in [0.29, 0.717) is 6.04 Å². The van der Waals surface area contributed by atoms with Crippen LogP contribution in [0.4, 0.5) is 0 Å². The van der Waals surface area contributed by atoms with Crippen molar-refractivity contribution < 1.29 is 4.74 Å². The maximum absolute atomic E-state index is 5.59. The Morgan fingerprint density at radius 2 is 2.17 bits per heavy atom. The van der Waals surface area contributed by atoms with Gasteiger partial charge in [-0.15, -0.1) is 0 Å². The molecule has 2 heteroatoms. The zero-order valence-corrected chi connectivity index (χ0v) is 8.55. The van der Waals surface area contributed by atoms with Crippen LogP contribution in [0.5, 0.6) is 0 Å². The summed E-state index contributed by atoms with van der Waals surface area (Å²) in [6, 6.07) is 0.624. The molecular weight excluding hydrogens is 150 g/mol. The molecule has 1 unspecified atom stereocenters. The van der Waals surface area contributed by atoms with Gasteiger partial charge in [0.2, 0.25) is 0 Å². The van der Waals surface area contributed by atoms with Crippen LogP contribution in [0, 0.1) is 5.92 Å². The molecule has 0 aromatic rings. The monoisotopic (exact) mass is 171 g/mol. The molecule has 2 nitrogen and oxygen atoms in total. The molecule has 0 aliphatic carbocycles. The first kappa shape index (κ1) is 10.0. The molecule has 0 radical (unpaired) electrons. The highest BCUT2D eigenvalue weighted by atomic mass is 16.5. The number of hydrogen-bond donors (Lipinski definition) is 0. The largest absolute Gasteiger partial charge is 0.366 e. The molecule has 0 spiro atoms. The summed E-state index contributed by atoms with van der Waals surface area (Å²) < 4.78 is 5.59. The van der Waals surface area contributed by atoms with Gasteiger partial charge in [-0.25, -0.2) is 0 Å². The van der Waals surface area contributed by atoms with Crippen molar-refractivity contribution in [2.75, 3.05) is 19.9 Å². The Labute approximate surface area is 75.9 Å². The van der Waals surface area contributed by atoms with E-state index < -0.39 is 0 Å². The predicted molar refractivity (Wildman–Crippen MR) is 51.1 cm³/mol. The average Bonchev–Trinajstić information content (AvgIpc) is 1.95. The highest BCUT2D eigenvalue weighted by Crippen LogP contribution is 2.12. The van der Waals surface area contributed by atoms with Crippen molar-refractivity contribution >= 4 is 0 Å². The van der Waals surface area contributed by atoms with Crippen molar-refractivity contribution in [1.29, 1.82) is 0 Å². The lowest BCUT2D eigenvalue weighted by Gasteiger charge is -2.29. The molecule has 1 aliphatic rings. The van der Waals surface area contributed by atoms with Gasteiger partial charge in [0.25, 0.3) is 0 Å². The van der Waals surface area contributed by atoms with Crippen molar-refractivity contribution in [2.24, 2.45) is 5.92 Å².